The monoisotopic (exact) mass is 341 g/mol. The third-order valence-corrected chi connectivity index (χ3v) is 3.13. The van der Waals surface area contributed by atoms with Crippen molar-refractivity contribution in [2.75, 3.05) is 26.4 Å². The molecule has 0 atom stereocenters. The number of aliphatic hydroxyl groups excluding tert-OH is 1. The van der Waals surface area contributed by atoms with E-state index in [0.717, 1.165) is 5.56 Å². The molecule has 0 unspecified atom stereocenters. The summed E-state index contributed by atoms with van der Waals surface area (Å²) in [4.78, 5) is 18.6. The smallest absolute Gasteiger partial charge is 0.171 e. The van der Waals surface area contributed by atoms with Gasteiger partial charge in [0.1, 0.15) is 24.3 Å². The molecule has 7 heteroatoms. The lowest BCUT2D eigenvalue weighted by Crippen LogP contribution is -2.13. The molecule has 0 aromatic heterocycles. The summed E-state index contributed by atoms with van der Waals surface area (Å²) in [5.74, 6) is 0.730. The second kappa shape index (κ2) is 10.1. The summed E-state index contributed by atoms with van der Waals surface area (Å²) in [6.07, 6.45) is 6.64. The molecule has 0 bridgehead atoms. The maximum atomic E-state index is 10.2. The SMILES string of the molecule is N=C1N=C(c2ccc(OCCOCCO)cc2)C=N/C1=C/C=CC=O. The van der Waals surface area contributed by atoms with Gasteiger partial charge >= 0.3 is 0 Å². The highest BCUT2D eigenvalue weighted by atomic mass is 16.5. The summed E-state index contributed by atoms with van der Waals surface area (Å²) in [6, 6.07) is 7.28. The van der Waals surface area contributed by atoms with E-state index in [-0.39, 0.29) is 12.4 Å². The van der Waals surface area contributed by atoms with Crippen LogP contribution in [0.25, 0.3) is 0 Å². The Balaban J connectivity index is 1.94. The van der Waals surface area contributed by atoms with E-state index in [1.54, 1.807) is 24.4 Å². The number of allylic oxidation sites excluding steroid dienone is 3. The number of aldehydes is 1. The van der Waals surface area contributed by atoms with Gasteiger partial charge in [0.15, 0.2) is 5.84 Å². The summed E-state index contributed by atoms with van der Waals surface area (Å²) in [5.41, 5.74) is 1.80. The molecule has 1 heterocycles. The Labute approximate surface area is 145 Å². The first-order chi connectivity index (χ1) is 12.2. The first-order valence-corrected chi connectivity index (χ1v) is 7.70. The van der Waals surface area contributed by atoms with Crippen LogP contribution in [0.1, 0.15) is 5.56 Å². The fourth-order valence-electron chi connectivity index (χ4n) is 1.96. The number of rotatable bonds is 9. The van der Waals surface area contributed by atoms with Crippen LogP contribution in [0.5, 0.6) is 5.75 Å². The van der Waals surface area contributed by atoms with E-state index in [0.29, 0.717) is 43.3 Å². The third-order valence-electron chi connectivity index (χ3n) is 3.13. The average Bonchev–Trinajstić information content (AvgIpc) is 2.63. The molecule has 2 N–H and O–H groups in total. The molecule has 7 nitrogen and oxygen atoms in total. The van der Waals surface area contributed by atoms with Crippen LogP contribution in [0.15, 0.2) is 58.2 Å². The molecule has 0 radical (unpaired) electrons. The standard InChI is InChI=1S/C18H19N3O4/c19-18-16(3-1-2-8-22)20-13-17(21-18)14-4-6-15(7-5-14)25-12-11-24-10-9-23/h1-8,13,19,23H,9-12H2/b2-1?,16-3+,19-18?. The first-order valence-electron chi connectivity index (χ1n) is 7.70. The number of benzene rings is 1. The maximum Gasteiger partial charge on any atom is 0.171 e. The van der Waals surface area contributed by atoms with Crippen LogP contribution in [-0.2, 0) is 9.53 Å². The van der Waals surface area contributed by atoms with Gasteiger partial charge in [0.25, 0.3) is 0 Å². The Hall–Kier alpha value is -2.90. The van der Waals surface area contributed by atoms with Crippen molar-refractivity contribution in [2.45, 2.75) is 0 Å². The molecule has 0 fully saturated rings. The zero-order chi connectivity index (χ0) is 17.9. The van der Waals surface area contributed by atoms with E-state index in [1.807, 2.05) is 12.1 Å². The highest BCUT2D eigenvalue weighted by Gasteiger charge is 2.11. The lowest BCUT2D eigenvalue weighted by Gasteiger charge is -2.10. The Kier molecular flexibility index (Phi) is 7.42. The van der Waals surface area contributed by atoms with Crippen molar-refractivity contribution >= 4 is 24.0 Å². The number of nitrogens with zero attached hydrogens (tertiary/aromatic N) is 2. The second-order valence-electron chi connectivity index (χ2n) is 4.89. The summed E-state index contributed by atoms with van der Waals surface area (Å²) in [5, 5.41) is 16.5. The lowest BCUT2D eigenvalue weighted by atomic mass is 10.1. The zero-order valence-corrected chi connectivity index (χ0v) is 13.6. The fraction of sp³-hybridized carbons (Fsp3) is 0.222. The van der Waals surface area contributed by atoms with Crippen LogP contribution in [-0.4, -0.2) is 55.6 Å². The number of carbonyl (C=O) groups excluding carboxylic acids is 1. The molecule has 130 valence electrons. The second-order valence-corrected chi connectivity index (χ2v) is 4.89. The minimum Gasteiger partial charge on any atom is -0.491 e. The van der Waals surface area contributed by atoms with Crippen LogP contribution < -0.4 is 4.74 Å². The molecule has 1 aromatic carbocycles. The van der Waals surface area contributed by atoms with Crippen molar-refractivity contribution in [1.82, 2.24) is 0 Å². The number of ether oxygens (including phenoxy) is 2. The Bertz CT molecular complexity index is 718. The van der Waals surface area contributed by atoms with Gasteiger partial charge in [0.05, 0.1) is 31.7 Å². The van der Waals surface area contributed by atoms with Crippen molar-refractivity contribution in [3.8, 4) is 5.75 Å². The van der Waals surface area contributed by atoms with Crippen LogP contribution in [0.3, 0.4) is 0 Å². The van der Waals surface area contributed by atoms with Gasteiger partial charge in [-0.15, -0.1) is 0 Å². The van der Waals surface area contributed by atoms with Gasteiger partial charge in [-0.05, 0) is 36.4 Å². The molecule has 0 saturated heterocycles. The molecule has 1 aromatic rings. The van der Waals surface area contributed by atoms with Crippen LogP contribution in [0.2, 0.25) is 0 Å². The summed E-state index contributed by atoms with van der Waals surface area (Å²) >= 11 is 0. The van der Waals surface area contributed by atoms with Gasteiger partial charge in [-0.2, -0.15) is 0 Å². The largest absolute Gasteiger partial charge is 0.491 e. The molecule has 0 amide bonds. The number of hydrogen-bond donors (Lipinski definition) is 2. The van der Waals surface area contributed by atoms with E-state index >= 15 is 0 Å². The number of aliphatic imine (C=N–C) groups is 2. The van der Waals surface area contributed by atoms with Gasteiger partial charge in [0.2, 0.25) is 0 Å². The number of aliphatic hydroxyl groups is 1. The summed E-state index contributed by atoms with van der Waals surface area (Å²) < 4.78 is 10.6. The van der Waals surface area contributed by atoms with Crippen molar-refractivity contribution in [3.63, 3.8) is 0 Å². The van der Waals surface area contributed by atoms with E-state index in [2.05, 4.69) is 9.98 Å². The Morgan fingerprint density at radius 2 is 1.92 bits per heavy atom. The third kappa shape index (κ3) is 5.91. The van der Waals surface area contributed by atoms with Gasteiger partial charge in [-0.1, -0.05) is 6.08 Å². The van der Waals surface area contributed by atoms with Crippen LogP contribution >= 0.6 is 0 Å². The molecular weight excluding hydrogens is 322 g/mol. The molecule has 0 spiro atoms. The molecule has 1 aliphatic heterocycles. The molecule has 0 aliphatic carbocycles. The number of hydrogen-bond acceptors (Lipinski definition) is 6. The summed E-state index contributed by atoms with van der Waals surface area (Å²) in [7, 11) is 0. The van der Waals surface area contributed by atoms with E-state index < -0.39 is 0 Å². The average molecular weight is 341 g/mol. The zero-order valence-electron chi connectivity index (χ0n) is 13.6. The van der Waals surface area contributed by atoms with Gasteiger partial charge in [-0.25, -0.2) is 4.99 Å². The predicted octanol–water partition coefficient (Wildman–Crippen LogP) is 1.56. The van der Waals surface area contributed by atoms with Crippen LogP contribution in [0.4, 0.5) is 0 Å². The van der Waals surface area contributed by atoms with Crippen molar-refractivity contribution < 1.29 is 19.4 Å². The molecule has 0 saturated carbocycles. The van der Waals surface area contributed by atoms with E-state index in [9.17, 15) is 4.79 Å². The Morgan fingerprint density at radius 3 is 2.60 bits per heavy atom. The minimum atomic E-state index is -0.00234. The highest BCUT2D eigenvalue weighted by molar-refractivity contribution is 6.42. The van der Waals surface area contributed by atoms with Crippen molar-refractivity contribution in [3.05, 3.63) is 53.8 Å². The molecule has 1 aliphatic rings. The summed E-state index contributed by atoms with van der Waals surface area (Å²) in [6.45, 7) is 1.10. The van der Waals surface area contributed by atoms with Gasteiger partial charge in [-0.3, -0.25) is 15.2 Å². The lowest BCUT2D eigenvalue weighted by molar-refractivity contribution is -0.104. The molecule has 2 rings (SSSR count). The predicted molar refractivity (Wildman–Crippen MR) is 95.9 cm³/mol. The molecular formula is C18H19N3O4. The van der Waals surface area contributed by atoms with Crippen molar-refractivity contribution in [1.29, 1.82) is 5.41 Å². The number of nitrogens with one attached hydrogen (secondary N) is 1. The number of carbonyl (C=O) groups is 1. The normalized spacial score (nSPS) is 15.6. The quantitative estimate of drug-likeness (QED) is 0.404. The van der Waals surface area contributed by atoms with E-state index in [4.69, 9.17) is 20.0 Å². The fourth-order valence-corrected chi connectivity index (χ4v) is 1.96. The van der Waals surface area contributed by atoms with Crippen LogP contribution in [0, 0.1) is 5.41 Å². The maximum absolute atomic E-state index is 10.2. The Morgan fingerprint density at radius 1 is 1.12 bits per heavy atom. The topological polar surface area (TPSA) is 104 Å². The van der Waals surface area contributed by atoms with Gasteiger partial charge in [0, 0.05) is 5.56 Å². The minimum absolute atomic E-state index is 0.00234. The first kappa shape index (κ1) is 18.4. The highest BCUT2D eigenvalue weighted by Crippen LogP contribution is 2.15. The molecule has 25 heavy (non-hydrogen) atoms. The van der Waals surface area contributed by atoms with Crippen molar-refractivity contribution in [2.24, 2.45) is 9.98 Å². The van der Waals surface area contributed by atoms with Gasteiger partial charge < -0.3 is 14.6 Å². The van der Waals surface area contributed by atoms with E-state index in [1.165, 1.54) is 12.2 Å². The number of amidine groups is 1.